The van der Waals surface area contributed by atoms with Crippen LogP contribution in [0.2, 0.25) is 0 Å². The molecule has 0 bridgehead atoms. The van der Waals surface area contributed by atoms with Crippen LogP contribution in [-0.4, -0.2) is 29.3 Å². The van der Waals surface area contributed by atoms with E-state index in [1.54, 1.807) is 6.07 Å². The summed E-state index contributed by atoms with van der Waals surface area (Å²) in [5, 5.41) is 10.3. The molecule has 3 rings (SSSR count). The molecule has 0 aliphatic heterocycles. The third-order valence-corrected chi connectivity index (χ3v) is 4.03. The number of aromatic nitrogens is 1. The molecule has 26 heavy (non-hydrogen) atoms. The number of aromatic carboxylic acids is 1. The Balaban J connectivity index is 2.17. The van der Waals surface area contributed by atoms with Gasteiger partial charge in [-0.2, -0.15) is 0 Å². The first-order chi connectivity index (χ1) is 12.5. The molecule has 0 aliphatic carbocycles. The molecule has 1 heterocycles. The van der Waals surface area contributed by atoms with Crippen LogP contribution in [0.5, 0.6) is 11.5 Å². The Kier molecular flexibility index (Phi) is 5.07. The van der Waals surface area contributed by atoms with Crippen LogP contribution < -0.4 is 9.47 Å². The third kappa shape index (κ3) is 3.47. The molecule has 5 heteroatoms. The number of nitrogens with zero attached hydrogens (tertiary/aromatic N) is 1. The van der Waals surface area contributed by atoms with Gasteiger partial charge in [-0.1, -0.05) is 11.6 Å². The Bertz CT molecular complexity index is 966. The van der Waals surface area contributed by atoms with Gasteiger partial charge in [-0.15, -0.1) is 0 Å². The molecule has 5 nitrogen and oxygen atoms in total. The van der Waals surface area contributed by atoms with Crippen molar-refractivity contribution in [3.05, 3.63) is 53.6 Å². The van der Waals surface area contributed by atoms with Crippen LogP contribution in [0.1, 0.15) is 29.8 Å². The summed E-state index contributed by atoms with van der Waals surface area (Å²) in [4.78, 5) is 16.4. The van der Waals surface area contributed by atoms with E-state index in [-0.39, 0.29) is 5.56 Å². The van der Waals surface area contributed by atoms with Gasteiger partial charge < -0.3 is 14.6 Å². The molecule has 0 spiro atoms. The highest BCUT2D eigenvalue weighted by Crippen LogP contribution is 2.33. The molecule has 1 N–H and O–H groups in total. The van der Waals surface area contributed by atoms with Gasteiger partial charge in [0, 0.05) is 10.9 Å². The second kappa shape index (κ2) is 7.44. The number of rotatable bonds is 6. The van der Waals surface area contributed by atoms with Gasteiger partial charge in [0.1, 0.15) is 0 Å². The first kappa shape index (κ1) is 17.7. The van der Waals surface area contributed by atoms with E-state index in [1.807, 2.05) is 57.2 Å². The van der Waals surface area contributed by atoms with Gasteiger partial charge in [0.25, 0.3) is 0 Å². The Hall–Kier alpha value is -3.08. The molecule has 0 fully saturated rings. The molecule has 0 radical (unpaired) electrons. The van der Waals surface area contributed by atoms with Crippen molar-refractivity contribution >= 4 is 16.9 Å². The highest BCUT2D eigenvalue weighted by atomic mass is 16.5. The maximum Gasteiger partial charge on any atom is 0.336 e. The Labute approximate surface area is 152 Å². The van der Waals surface area contributed by atoms with Crippen LogP contribution in [0.25, 0.3) is 22.2 Å². The highest BCUT2D eigenvalue weighted by Gasteiger charge is 2.15. The van der Waals surface area contributed by atoms with Gasteiger partial charge in [0.2, 0.25) is 0 Å². The van der Waals surface area contributed by atoms with Gasteiger partial charge in [-0.3, -0.25) is 0 Å². The minimum Gasteiger partial charge on any atom is -0.490 e. The van der Waals surface area contributed by atoms with Crippen LogP contribution in [0.3, 0.4) is 0 Å². The van der Waals surface area contributed by atoms with E-state index < -0.39 is 5.97 Å². The highest BCUT2D eigenvalue weighted by molar-refractivity contribution is 6.04. The predicted octanol–water partition coefficient (Wildman–Crippen LogP) is 4.71. The molecule has 0 atom stereocenters. The SMILES string of the molecule is CCOc1ccc(-c2cc(C(=O)O)c3cc(C)ccc3n2)cc1OCC. The Morgan fingerprint density at radius 2 is 1.73 bits per heavy atom. The number of carboxylic acids is 1. The zero-order chi connectivity index (χ0) is 18.7. The summed E-state index contributed by atoms with van der Waals surface area (Å²) < 4.78 is 11.2. The minimum absolute atomic E-state index is 0.237. The monoisotopic (exact) mass is 351 g/mol. The average molecular weight is 351 g/mol. The fraction of sp³-hybridized carbons (Fsp3) is 0.238. The number of aryl methyl sites for hydroxylation is 1. The summed E-state index contributed by atoms with van der Waals surface area (Å²) in [6.45, 7) is 6.79. The first-order valence-electron chi connectivity index (χ1n) is 8.58. The third-order valence-electron chi connectivity index (χ3n) is 4.03. The lowest BCUT2D eigenvalue weighted by atomic mass is 10.0. The van der Waals surface area contributed by atoms with E-state index in [0.717, 1.165) is 11.1 Å². The van der Waals surface area contributed by atoms with E-state index in [0.29, 0.717) is 41.3 Å². The van der Waals surface area contributed by atoms with E-state index in [2.05, 4.69) is 4.98 Å². The molecule has 0 aliphatic rings. The quantitative estimate of drug-likeness (QED) is 0.697. The van der Waals surface area contributed by atoms with Crippen molar-refractivity contribution in [2.45, 2.75) is 20.8 Å². The summed E-state index contributed by atoms with van der Waals surface area (Å²) in [5.74, 6) is 0.308. The van der Waals surface area contributed by atoms with Gasteiger partial charge in [0.05, 0.1) is 30.0 Å². The van der Waals surface area contributed by atoms with Crippen molar-refractivity contribution in [3.63, 3.8) is 0 Å². The molecule has 2 aromatic carbocycles. The maximum absolute atomic E-state index is 11.7. The largest absolute Gasteiger partial charge is 0.490 e. The standard InChI is InChI=1S/C21H21NO4/c1-4-25-19-9-7-14(11-20(19)26-5-2)18-12-16(21(23)24)15-10-13(3)6-8-17(15)22-18/h6-12H,4-5H2,1-3H3,(H,23,24). The van der Waals surface area contributed by atoms with Crippen molar-refractivity contribution in [1.29, 1.82) is 0 Å². The van der Waals surface area contributed by atoms with Crippen molar-refractivity contribution in [2.75, 3.05) is 13.2 Å². The first-order valence-corrected chi connectivity index (χ1v) is 8.58. The van der Waals surface area contributed by atoms with Crippen LogP contribution in [0.4, 0.5) is 0 Å². The van der Waals surface area contributed by atoms with Gasteiger partial charge in [0.15, 0.2) is 11.5 Å². The molecule has 134 valence electrons. The Morgan fingerprint density at radius 1 is 1.00 bits per heavy atom. The van der Waals surface area contributed by atoms with Gasteiger partial charge in [-0.05, 0) is 57.2 Å². The predicted molar refractivity (Wildman–Crippen MR) is 101 cm³/mol. The van der Waals surface area contributed by atoms with E-state index in [9.17, 15) is 9.90 Å². The summed E-state index contributed by atoms with van der Waals surface area (Å²) in [6, 6.07) is 12.7. The van der Waals surface area contributed by atoms with Crippen LogP contribution >= 0.6 is 0 Å². The van der Waals surface area contributed by atoms with E-state index in [4.69, 9.17) is 9.47 Å². The molecular weight excluding hydrogens is 330 g/mol. The normalized spacial score (nSPS) is 10.7. The number of benzene rings is 2. The smallest absolute Gasteiger partial charge is 0.336 e. The maximum atomic E-state index is 11.7. The molecular formula is C21H21NO4. The van der Waals surface area contributed by atoms with Crippen molar-refractivity contribution < 1.29 is 19.4 Å². The lowest BCUT2D eigenvalue weighted by Gasteiger charge is -2.13. The van der Waals surface area contributed by atoms with Crippen molar-refractivity contribution in [2.24, 2.45) is 0 Å². The van der Waals surface area contributed by atoms with Gasteiger partial charge in [-0.25, -0.2) is 9.78 Å². The summed E-state index contributed by atoms with van der Waals surface area (Å²) in [6.07, 6.45) is 0. The fourth-order valence-electron chi connectivity index (χ4n) is 2.87. The fourth-order valence-corrected chi connectivity index (χ4v) is 2.87. The molecule has 1 aromatic heterocycles. The van der Waals surface area contributed by atoms with Crippen LogP contribution in [0, 0.1) is 6.92 Å². The molecule has 0 unspecified atom stereocenters. The summed E-state index contributed by atoms with van der Waals surface area (Å²) in [5.41, 5.74) is 3.25. The van der Waals surface area contributed by atoms with Gasteiger partial charge >= 0.3 is 5.97 Å². The van der Waals surface area contributed by atoms with E-state index >= 15 is 0 Å². The van der Waals surface area contributed by atoms with Crippen molar-refractivity contribution in [3.8, 4) is 22.8 Å². The molecule has 0 saturated heterocycles. The van der Waals surface area contributed by atoms with E-state index in [1.165, 1.54) is 0 Å². The number of pyridine rings is 1. The van der Waals surface area contributed by atoms with Crippen molar-refractivity contribution in [1.82, 2.24) is 4.98 Å². The van der Waals surface area contributed by atoms with Crippen LogP contribution in [0.15, 0.2) is 42.5 Å². The number of ether oxygens (including phenoxy) is 2. The number of carboxylic acid groups (broad SMARTS) is 1. The zero-order valence-electron chi connectivity index (χ0n) is 15.1. The lowest BCUT2D eigenvalue weighted by Crippen LogP contribution is -2.01. The number of carbonyl (C=O) groups is 1. The average Bonchev–Trinajstić information content (AvgIpc) is 2.62. The second-order valence-electron chi connectivity index (χ2n) is 5.91. The lowest BCUT2D eigenvalue weighted by molar-refractivity contribution is 0.0699. The topological polar surface area (TPSA) is 68.7 Å². The second-order valence-corrected chi connectivity index (χ2v) is 5.91. The molecule has 0 amide bonds. The minimum atomic E-state index is -0.972. The number of hydrogen-bond acceptors (Lipinski definition) is 4. The van der Waals surface area contributed by atoms with Crippen LogP contribution in [-0.2, 0) is 0 Å². The Morgan fingerprint density at radius 3 is 2.42 bits per heavy atom. The number of hydrogen-bond donors (Lipinski definition) is 1. The molecule has 3 aromatic rings. The number of fused-ring (bicyclic) bond motifs is 1. The zero-order valence-corrected chi connectivity index (χ0v) is 15.1. The summed E-state index contributed by atoms with van der Waals surface area (Å²) >= 11 is 0. The summed E-state index contributed by atoms with van der Waals surface area (Å²) in [7, 11) is 0. The molecule has 0 saturated carbocycles.